The summed E-state index contributed by atoms with van der Waals surface area (Å²) >= 11 is 0. The van der Waals surface area contributed by atoms with E-state index in [-0.39, 0.29) is 36.0 Å². The van der Waals surface area contributed by atoms with Crippen molar-refractivity contribution in [1.82, 2.24) is 4.90 Å². The zero-order valence-corrected chi connectivity index (χ0v) is 29.9. The molecule has 2 spiro atoms. The van der Waals surface area contributed by atoms with Gasteiger partial charge in [0.2, 0.25) is 0 Å². The topological polar surface area (TPSA) is 86.7 Å². The minimum absolute atomic E-state index is 0.0246. The highest BCUT2D eigenvalue weighted by atomic mass is 16.7. The van der Waals surface area contributed by atoms with Crippen LogP contribution in [0.4, 0.5) is 0 Å². The smallest absolute Gasteiger partial charge is 0.320 e. The van der Waals surface area contributed by atoms with Crippen molar-refractivity contribution in [3.05, 3.63) is 0 Å². The molecular formula is C38H63NO7. The molecular weight excluding hydrogens is 582 g/mol. The molecule has 2 heterocycles. The monoisotopic (exact) mass is 645 g/mol. The lowest BCUT2D eigenvalue weighted by Gasteiger charge is -2.60. The maximum absolute atomic E-state index is 12.1. The van der Waals surface area contributed by atoms with E-state index in [0.717, 1.165) is 31.2 Å². The zero-order valence-electron chi connectivity index (χ0n) is 29.9. The van der Waals surface area contributed by atoms with E-state index in [1.165, 1.54) is 51.4 Å². The Balaban J connectivity index is 1.03. The second-order valence-electron chi connectivity index (χ2n) is 17.8. The number of carbonyl (C=O) groups excluding carboxylic acids is 1. The van der Waals surface area contributed by atoms with E-state index in [1.807, 2.05) is 27.7 Å². The Morgan fingerprint density at radius 3 is 2.50 bits per heavy atom. The molecule has 1 N–H and O–H groups in total. The van der Waals surface area contributed by atoms with Crippen molar-refractivity contribution in [2.24, 2.45) is 45.3 Å². The van der Waals surface area contributed by atoms with Crippen LogP contribution >= 0.6 is 0 Å². The van der Waals surface area contributed by atoms with Crippen molar-refractivity contribution in [2.75, 3.05) is 39.5 Å². The van der Waals surface area contributed by atoms with Gasteiger partial charge in [0.1, 0.15) is 6.10 Å². The number of morpholine rings is 1. The SMILES string of the molecule is CCOC(=O)CN1CCOC(O[C@H]2CC[C@]34C[C@]35CC[C@]3(C)C6CCC([C@H](OCC)C(C)(C)O)OC6CC3C5CCC4C2(C)C)C1. The molecule has 0 bridgehead atoms. The molecule has 0 amide bonds. The fourth-order valence-electron chi connectivity index (χ4n) is 13.1. The molecule has 8 heteroatoms. The van der Waals surface area contributed by atoms with Crippen LogP contribution in [-0.2, 0) is 28.5 Å². The van der Waals surface area contributed by atoms with E-state index in [0.29, 0.717) is 67.1 Å². The van der Waals surface area contributed by atoms with Crippen molar-refractivity contribution < 1.29 is 33.6 Å². The summed E-state index contributed by atoms with van der Waals surface area (Å²) in [6.07, 6.45) is 12.4. The summed E-state index contributed by atoms with van der Waals surface area (Å²) in [5.41, 5.74) is 0.495. The largest absolute Gasteiger partial charge is 0.465 e. The van der Waals surface area contributed by atoms with Gasteiger partial charge >= 0.3 is 5.97 Å². The molecule has 7 unspecified atom stereocenters. The van der Waals surface area contributed by atoms with Crippen molar-refractivity contribution >= 4 is 5.97 Å². The number of ether oxygens (including phenoxy) is 5. The molecule has 7 rings (SSSR count). The average molecular weight is 646 g/mol. The van der Waals surface area contributed by atoms with Gasteiger partial charge < -0.3 is 28.8 Å². The molecule has 262 valence electrons. The first kappa shape index (κ1) is 33.7. The highest BCUT2D eigenvalue weighted by Crippen LogP contribution is 2.87. The minimum atomic E-state index is -0.911. The van der Waals surface area contributed by atoms with E-state index in [1.54, 1.807) is 0 Å². The van der Waals surface area contributed by atoms with Crippen LogP contribution in [0.3, 0.4) is 0 Å². The van der Waals surface area contributed by atoms with Crippen LogP contribution < -0.4 is 0 Å². The first-order chi connectivity index (χ1) is 21.8. The average Bonchev–Trinajstić information content (AvgIpc) is 3.57. The fraction of sp³-hybridized carbons (Fsp3) is 0.974. The van der Waals surface area contributed by atoms with Crippen molar-refractivity contribution in [2.45, 2.75) is 149 Å². The summed E-state index contributed by atoms with van der Waals surface area (Å²) in [4.78, 5) is 14.2. The number of nitrogens with zero attached hydrogens (tertiary/aromatic N) is 1. The molecule has 12 atom stereocenters. The quantitative estimate of drug-likeness (QED) is 0.307. The first-order valence-electron chi connectivity index (χ1n) is 18.9. The maximum Gasteiger partial charge on any atom is 0.320 e. The molecule has 0 radical (unpaired) electrons. The lowest BCUT2D eigenvalue weighted by molar-refractivity contribution is -0.245. The predicted octanol–water partition coefficient (Wildman–Crippen LogP) is 5.98. The lowest BCUT2D eigenvalue weighted by atomic mass is 9.46. The number of carbonyl (C=O) groups is 1. The van der Waals surface area contributed by atoms with Crippen LogP contribution in [0.15, 0.2) is 0 Å². The van der Waals surface area contributed by atoms with Crippen molar-refractivity contribution in [1.29, 1.82) is 0 Å². The molecule has 7 fully saturated rings. The normalized spacial score (nSPS) is 47.0. The van der Waals surface area contributed by atoms with Crippen LogP contribution in [-0.4, -0.2) is 91.7 Å². The van der Waals surface area contributed by atoms with Gasteiger partial charge in [0, 0.05) is 13.2 Å². The van der Waals surface area contributed by atoms with Gasteiger partial charge in [0.05, 0.1) is 50.2 Å². The molecule has 0 aromatic heterocycles. The molecule has 5 saturated carbocycles. The highest BCUT2D eigenvalue weighted by Gasteiger charge is 2.80. The second-order valence-corrected chi connectivity index (χ2v) is 17.8. The Bertz CT molecular complexity index is 1140. The molecule has 5 aliphatic carbocycles. The van der Waals surface area contributed by atoms with Crippen molar-refractivity contribution in [3.8, 4) is 0 Å². The van der Waals surface area contributed by atoms with Gasteiger partial charge in [-0.15, -0.1) is 0 Å². The Kier molecular flexibility index (Phi) is 8.75. The predicted molar refractivity (Wildman–Crippen MR) is 175 cm³/mol. The van der Waals surface area contributed by atoms with E-state index < -0.39 is 5.60 Å². The van der Waals surface area contributed by atoms with Gasteiger partial charge in [-0.3, -0.25) is 9.69 Å². The van der Waals surface area contributed by atoms with Gasteiger partial charge in [0.25, 0.3) is 0 Å². The summed E-state index contributed by atoms with van der Waals surface area (Å²) < 4.78 is 31.2. The highest BCUT2D eigenvalue weighted by molar-refractivity contribution is 5.71. The number of esters is 1. The molecule has 7 aliphatic rings. The van der Waals surface area contributed by atoms with E-state index in [9.17, 15) is 9.90 Å². The summed E-state index contributed by atoms with van der Waals surface area (Å²) in [6.45, 7) is 18.5. The maximum atomic E-state index is 12.1. The van der Waals surface area contributed by atoms with E-state index in [4.69, 9.17) is 23.7 Å². The Morgan fingerprint density at radius 2 is 1.76 bits per heavy atom. The fourth-order valence-corrected chi connectivity index (χ4v) is 13.1. The third kappa shape index (κ3) is 5.25. The van der Waals surface area contributed by atoms with Gasteiger partial charge in [-0.05, 0) is 137 Å². The molecule has 2 saturated heterocycles. The number of fused-ring (bicyclic) bond motifs is 4. The van der Waals surface area contributed by atoms with Crippen LogP contribution in [0.5, 0.6) is 0 Å². The standard InChI is InChI=1S/C38H63NO7/c1-8-42-31(40)21-39-18-19-44-32(22-39)46-30-14-15-38-23-37(38)17-16-36(7)25-10-12-27(33(43-9-2)35(5,6)41)45-28(25)20-26(36)24(37)11-13-29(38)34(30,3)4/h24-30,32-33,41H,8-23H2,1-7H3/t24?,25?,26?,27?,28?,29?,30-,32?,33-,36+,37-,38+/m0/s1. The third-order valence-corrected chi connectivity index (χ3v) is 15.0. The van der Waals surface area contributed by atoms with Crippen LogP contribution in [0.2, 0.25) is 0 Å². The number of aliphatic hydroxyl groups is 1. The first-order valence-corrected chi connectivity index (χ1v) is 18.9. The lowest BCUT2D eigenvalue weighted by Crippen LogP contribution is -2.56. The Morgan fingerprint density at radius 1 is 0.978 bits per heavy atom. The zero-order chi connectivity index (χ0) is 32.7. The van der Waals surface area contributed by atoms with E-state index >= 15 is 0 Å². The molecule has 0 aromatic carbocycles. The molecule has 46 heavy (non-hydrogen) atoms. The minimum Gasteiger partial charge on any atom is -0.465 e. The summed E-state index contributed by atoms with van der Waals surface area (Å²) in [5.74, 6) is 2.68. The second kappa shape index (κ2) is 11.9. The molecule has 2 aliphatic heterocycles. The number of rotatable bonds is 9. The van der Waals surface area contributed by atoms with Gasteiger partial charge in [-0.1, -0.05) is 20.8 Å². The van der Waals surface area contributed by atoms with Crippen LogP contribution in [0, 0.1) is 45.3 Å². The van der Waals surface area contributed by atoms with Crippen LogP contribution in [0.1, 0.15) is 113 Å². The Hall–Kier alpha value is -0.770. The molecule has 0 aromatic rings. The van der Waals surface area contributed by atoms with Gasteiger partial charge in [0.15, 0.2) is 6.29 Å². The van der Waals surface area contributed by atoms with Gasteiger partial charge in [-0.25, -0.2) is 0 Å². The third-order valence-electron chi connectivity index (χ3n) is 15.0. The van der Waals surface area contributed by atoms with Gasteiger partial charge in [-0.2, -0.15) is 0 Å². The summed E-state index contributed by atoms with van der Waals surface area (Å²) in [5, 5.41) is 10.9. The van der Waals surface area contributed by atoms with Crippen molar-refractivity contribution in [3.63, 3.8) is 0 Å². The summed E-state index contributed by atoms with van der Waals surface area (Å²) in [7, 11) is 0. The Labute approximate surface area is 277 Å². The number of hydrogen-bond acceptors (Lipinski definition) is 8. The van der Waals surface area contributed by atoms with Crippen LogP contribution in [0.25, 0.3) is 0 Å². The molecule has 8 nitrogen and oxygen atoms in total. The van der Waals surface area contributed by atoms with E-state index in [2.05, 4.69) is 25.7 Å². The summed E-state index contributed by atoms with van der Waals surface area (Å²) in [6, 6.07) is 0. The number of hydrogen-bond donors (Lipinski definition) is 1.